The fourth-order valence-corrected chi connectivity index (χ4v) is 4.12. The van der Waals surface area contributed by atoms with E-state index in [1.54, 1.807) is 0 Å². The molecule has 1 heterocycles. The molecule has 28 heavy (non-hydrogen) atoms. The van der Waals surface area contributed by atoms with Crippen molar-refractivity contribution in [2.45, 2.75) is 11.4 Å². The smallest absolute Gasteiger partial charge is 0.337 e. The van der Waals surface area contributed by atoms with E-state index in [9.17, 15) is 13.2 Å². The van der Waals surface area contributed by atoms with Crippen LogP contribution in [0.4, 0.5) is 5.69 Å². The van der Waals surface area contributed by atoms with E-state index in [1.807, 2.05) is 24.3 Å². The lowest BCUT2D eigenvalue weighted by atomic mass is 10.2. The number of methoxy groups -OCH3 is 1. The number of rotatable bonds is 6. The highest BCUT2D eigenvalue weighted by molar-refractivity contribution is 7.89. The zero-order chi connectivity index (χ0) is 20.1. The van der Waals surface area contributed by atoms with Gasteiger partial charge >= 0.3 is 5.97 Å². The highest BCUT2D eigenvalue weighted by Crippen LogP contribution is 2.18. The first-order valence-corrected chi connectivity index (χ1v) is 10.6. The van der Waals surface area contributed by atoms with Crippen LogP contribution >= 0.6 is 0 Å². The topological polar surface area (TPSA) is 78.9 Å². The Hall–Kier alpha value is -2.42. The van der Waals surface area contributed by atoms with Crippen LogP contribution in [0, 0.1) is 0 Å². The van der Waals surface area contributed by atoms with Crippen molar-refractivity contribution < 1.29 is 17.9 Å². The van der Waals surface area contributed by atoms with Crippen LogP contribution in [-0.4, -0.2) is 59.6 Å². The molecule has 0 spiro atoms. The summed E-state index contributed by atoms with van der Waals surface area (Å²) in [7, 11) is -0.357. The average Bonchev–Trinajstić information content (AvgIpc) is 2.73. The number of anilines is 1. The minimum Gasteiger partial charge on any atom is -0.465 e. The van der Waals surface area contributed by atoms with Crippen LogP contribution in [0.25, 0.3) is 0 Å². The van der Waals surface area contributed by atoms with Gasteiger partial charge < -0.3 is 14.5 Å². The third kappa shape index (κ3) is 4.89. The Morgan fingerprint density at radius 2 is 1.75 bits per heavy atom. The van der Waals surface area contributed by atoms with Gasteiger partial charge in [0.15, 0.2) is 0 Å². The number of hydrogen-bond donors (Lipinski definition) is 1. The molecule has 1 N–H and O–H groups in total. The Balaban J connectivity index is 1.64. The second-order valence-corrected chi connectivity index (χ2v) is 8.57. The Morgan fingerprint density at radius 3 is 2.39 bits per heavy atom. The molecule has 8 heteroatoms. The van der Waals surface area contributed by atoms with Crippen LogP contribution in [0.15, 0.2) is 53.4 Å². The van der Waals surface area contributed by atoms with Gasteiger partial charge in [-0.3, -0.25) is 0 Å². The zero-order valence-electron chi connectivity index (χ0n) is 16.1. The van der Waals surface area contributed by atoms with Crippen LogP contribution in [0.3, 0.4) is 0 Å². The number of hydrogen-bond acceptors (Lipinski definition) is 6. The molecule has 0 radical (unpaired) electrons. The summed E-state index contributed by atoms with van der Waals surface area (Å²) in [6, 6.07) is 13.7. The van der Waals surface area contributed by atoms with Crippen molar-refractivity contribution in [3.05, 3.63) is 59.7 Å². The highest BCUT2D eigenvalue weighted by Gasteiger charge is 2.17. The fourth-order valence-electron chi connectivity index (χ4n) is 3.06. The van der Waals surface area contributed by atoms with E-state index in [-0.39, 0.29) is 17.0 Å². The third-order valence-electron chi connectivity index (χ3n) is 4.84. The number of piperazine rings is 1. The molecule has 0 amide bonds. The number of esters is 1. The van der Waals surface area contributed by atoms with Crippen LogP contribution in [0.1, 0.15) is 15.9 Å². The van der Waals surface area contributed by atoms with Crippen molar-refractivity contribution in [2.24, 2.45) is 0 Å². The molecule has 0 saturated carbocycles. The van der Waals surface area contributed by atoms with Gasteiger partial charge in [0.25, 0.3) is 0 Å². The first-order valence-electron chi connectivity index (χ1n) is 9.09. The predicted molar refractivity (Wildman–Crippen MR) is 108 cm³/mol. The number of carbonyl (C=O) groups is 1. The summed E-state index contributed by atoms with van der Waals surface area (Å²) in [5.41, 5.74) is 2.21. The summed E-state index contributed by atoms with van der Waals surface area (Å²) >= 11 is 0. The lowest BCUT2D eigenvalue weighted by molar-refractivity contribution is 0.0600. The van der Waals surface area contributed by atoms with Gasteiger partial charge in [-0.05, 0) is 42.9 Å². The van der Waals surface area contributed by atoms with E-state index in [1.165, 1.54) is 31.4 Å². The Morgan fingerprint density at radius 1 is 1.07 bits per heavy atom. The number of nitrogens with zero attached hydrogens (tertiary/aromatic N) is 2. The van der Waals surface area contributed by atoms with E-state index in [4.69, 9.17) is 0 Å². The number of carbonyl (C=O) groups excluding carboxylic acids is 1. The molecular weight excluding hydrogens is 378 g/mol. The maximum atomic E-state index is 12.5. The third-order valence-corrected chi connectivity index (χ3v) is 6.24. The molecule has 3 rings (SSSR count). The fraction of sp³-hybridized carbons (Fsp3) is 0.350. The molecule has 1 saturated heterocycles. The number of sulfonamides is 1. The Kier molecular flexibility index (Phi) is 6.33. The molecule has 0 unspecified atom stereocenters. The molecule has 7 nitrogen and oxygen atoms in total. The SMILES string of the molecule is COC(=O)c1cccc(S(=O)(=O)NCc2ccc(N3CCN(C)CC3)cc2)c1. The van der Waals surface area contributed by atoms with Gasteiger partial charge in [-0.15, -0.1) is 0 Å². The molecule has 1 aliphatic heterocycles. The highest BCUT2D eigenvalue weighted by atomic mass is 32.2. The first-order chi connectivity index (χ1) is 13.4. The van der Waals surface area contributed by atoms with Crippen molar-refractivity contribution >= 4 is 21.7 Å². The van der Waals surface area contributed by atoms with Crippen molar-refractivity contribution in [2.75, 3.05) is 45.2 Å². The number of nitrogens with one attached hydrogen (secondary N) is 1. The standard InChI is InChI=1S/C20H25N3O4S/c1-22-10-12-23(13-11-22)18-8-6-16(7-9-18)15-21-28(25,26)19-5-3-4-17(14-19)20(24)27-2/h3-9,14,21H,10-13,15H2,1-2H3. The van der Waals surface area contributed by atoms with Gasteiger partial charge in [-0.25, -0.2) is 17.9 Å². The second-order valence-electron chi connectivity index (χ2n) is 6.80. The number of ether oxygens (including phenoxy) is 1. The molecule has 1 aliphatic rings. The molecule has 150 valence electrons. The van der Waals surface area contributed by atoms with Gasteiger partial charge in [0, 0.05) is 38.4 Å². The Labute approximate surface area is 166 Å². The summed E-state index contributed by atoms with van der Waals surface area (Å²) in [6.07, 6.45) is 0. The largest absolute Gasteiger partial charge is 0.465 e. The van der Waals surface area contributed by atoms with Crippen LogP contribution in [-0.2, 0) is 21.3 Å². The minimum absolute atomic E-state index is 0.0319. The summed E-state index contributed by atoms with van der Waals surface area (Å²) in [5, 5.41) is 0. The van der Waals surface area contributed by atoms with E-state index < -0.39 is 16.0 Å². The van der Waals surface area contributed by atoms with Crippen LogP contribution in [0.2, 0.25) is 0 Å². The second kappa shape index (κ2) is 8.72. The monoisotopic (exact) mass is 403 g/mol. The van der Waals surface area contributed by atoms with Crippen molar-refractivity contribution in [1.82, 2.24) is 9.62 Å². The molecule has 0 aliphatic carbocycles. The van der Waals surface area contributed by atoms with E-state index in [0.29, 0.717) is 0 Å². The van der Waals surface area contributed by atoms with E-state index in [0.717, 1.165) is 37.4 Å². The molecule has 1 fully saturated rings. The lowest BCUT2D eigenvalue weighted by Crippen LogP contribution is -2.44. The summed E-state index contributed by atoms with van der Waals surface area (Å²) in [5.74, 6) is -0.573. The minimum atomic E-state index is -3.73. The summed E-state index contributed by atoms with van der Waals surface area (Å²) in [4.78, 5) is 16.3. The molecule has 2 aromatic rings. The molecular formula is C20H25N3O4S. The predicted octanol–water partition coefficient (Wildman–Crippen LogP) is 1.70. The molecule has 0 aromatic heterocycles. The van der Waals surface area contributed by atoms with Gasteiger partial charge in [-0.1, -0.05) is 18.2 Å². The summed E-state index contributed by atoms with van der Waals surface area (Å²) < 4.78 is 32.3. The lowest BCUT2D eigenvalue weighted by Gasteiger charge is -2.34. The van der Waals surface area contributed by atoms with Gasteiger partial charge in [0.05, 0.1) is 17.6 Å². The summed E-state index contributed by atoms with van der Waals surface area (Å²) in [6.45, 7) is 4.21. The maximum Gasteiger partial charge on any atom is 0.337 e. The quantitative estimate of drug-likeness (QED) is 0.740. The van der Waals surface area contributed by atoms with Gasteiger partial charge in [0.1, 0.15) is 0 Å². The number of likely N-dealkylation sites (N-methyl/N-ethyl adjacent to an activating group) is 1. The van der Waals surface area contributed by atoms with Crippen molar-refractivity contribution in [3.63, 3.8) is 0 Å². The van der Waals surface area contributed by atoms with Gasteiger partial charge in [-0.2, -0.15) is 0 Å². The van der Waals surface area contributed by atoms with Crippen molar-refractivity contribution in [1.29, 1.82) is 0 Å². The van der Waals surface area contributed by atoms with E-state index >= 15 is 0 Å². The maximum absolute atomic E-state index is 12.5. The van der Waals surface area contributed by atoms with E-state index in [2.05, 4.69) is 26.3 Å². The van der Waals surface area contributed by atoms with Crippen LogP contribution < -0.4 is 9.62 Å². The first kappa shape index (κ1) is 20.3. The van der Waals surface area contributed by atoms with Crippen LogP contribution in [0.5, 0.6) is 0 Å². The zero-order valence-corrected chi connectivity index (χ0v) is 16.9. The molecule has 0 atom stereocenters. The average molecular weight is 404 g/mol. The molecule has 0 bridgehead atoms. The Bertz CT molecular complexity index is 921. The number of benzene rings is 2. The van der Waals surface area contributed by atoms with Gasteiger partial charge in [0.2, 0.25) is 10.0 Å². The normalized spacial score (nSPS) is 15.4. The molecule has 2 aromatic carbocycles. The van der Waals surface area contributed by atoms with Crippen molar-refractivity contribution in [3.8, 4) is 0 Å².